The average molecular weight is 526 g/mol. The highest BCUT2D eigenvalue weighted by atomic mass is 35.5. The van der Waals surface area contributed by atoms with Crippen molar-refractivity contribution in [3.63, 3.8) is 0 Å². The van der Waals surface area contributed by atoms with Crippen molar-refractivity contribution in [2.45, 2.75) is 19.5 Å². The van der Waals surface area contributed by atoms with Gasteiger partial charge in [-0.1, -0.05) is 17.7 Å². The Hall–Kier alpha value is -3.34. The van der Waals surface area contributed by atoms with Gasteiger partial charge in [0.05, 0.1) is 22.6 Å². The van der Waals surface area contributed by atoms with Crippen LogP contribution in [0, 0.1) is 5.82 Å². The van der Waals surface area contributed by atoms with E-state index in [1.807, 2.05) is 37.3 Å². The van der Waals surface area contributed by atoms with E-state index in [0.29, 0.717) is 37.6 Å². The fourth-order valence-electron chi connectivity index (χ4n) is 4.25. The molecule has 0 radical (unpaired) electrons. The SMILES string of the molecule is CN(C/C=C/C(=O)N1CCc2c(sc3ncnc(Nc4ccc(F)c(Cl)c4)c23)C1)Cc1ccn(C)n1. The molecule has 0 atom stereocenters. The van der Waals surface area contributed by atoms with Gasteiger partial charge in [0.2, 0.25) is 5.91 Å². The molecule has 0 fully saturated rings. The summed E-state index contributed by atoms with van der Waals surface area (Å²) in [5.41, 5.74) is 2.79. The number of amides is 1. The number of rotatable bonds is 7. The zero-order valence-corrected chi connectivity index (χ0v) is 21.5. The number of hydrogen-bond donors (Lipinski definition) is 1. The fourth-order valence-corrected chi connectivity index (χ4v) is 5.63. The highest BCUT2D eigenvalue weighted by Gasteiger charge is 2.25. The van der Waals surface area contributed by atoms with Crippen molar-refractivity contribution >= 4 is 50.6 Å². The Balaban J connectivity index is 1.26. The second kappa shape index (κ2) is 10.3. The Morgan fingerprint density at radius 3 is 2.97 bits per heavy atom. The molecule has 0 aliphatic carbocycles. The molecule has 0 spiro atoms. The third-order valence-corrected chi connectivity index (χ3v) is 7.42. The zero-order valence-electron chi connectivity index (χ0n) is 19.9. The van der Waals surface area contributed by atoms with Crippen molar-refractivity contribution in [3.05, 3.63) is 75.9 Å². The second-order valence-electron chi connectivity index (χ2n) is 8.75. The molecule has 8 nitrogen and oxygen atoms in total. The van der Waals surface area contributed by atoms with Gasteiger partial charge in [0, 0.05) is 49.5 Å². The van der Waals surface area contributed by atoms with Crippen molar-refractivity contribution in [2.75, 3.05) is 25.5 Å². The van der Waals surface area contributed by atoms with Crippen molar-refractivity contribution in [1.82, 2.24) is 29.5 Å². The molecule has 0 saturated heterocycles. The standard InChI is InChI=1S/C25H25ClFN7OS/c1-32(13-17-7-10-33(2)31-17)9-3-4-22(35)34-11-8-18-21(14-34)36-25-23(18)24(28-15-29-25)30-16-5-6-20(27)19(26)12-16/h3-7,10,12,15H,8-9,11,13-14H2,1-2H3,(H,28,29,30)/b4-3+. The molecule has 1 aliphatic rings. The first-order chi connectivity index (χ1) is 17.4. The minimum absolute atomic E-state index is 0.00488. The molecular formula is C25H25ClFN7OS. The number of aromatic nitrogens is 4. The van der Waals surface area contributed by atoms with E-state index in [1.165, 1.54) is 18.5 Å². The number of anilines is 2. The van der Waals surface area contributed by atoms with Crippen molar-refractivity contribution < 1.29 is 9.18 Å². The second-order valence-corrected chi connectivity index (χ2v) is 10.2. The number of halogens is 2. The first-order valence-corrected chi connectivity index (χ1v) is 12.7. The Bertz CT molecular complexity index is 1450. The first kappa shape index (κ1) is 24.4. The van der Waals surface area contributed by atoms with Crippen LogP contribution in [0.25, 0.3) is 10.2 Å². The topological polar surface area (TPSA) is 79.2 Å². The van der Waals surface area contributed by atoms with E-state index in [9.17, 15) is 9.18 Å². The van der Waals surface area contributed by atoms with Crippen LogP contribution in [0.3, 0.4) is 0 Å². The van der Waals surface area contributed by atoms with Crippen LogP contribution in [0.15, 0.2) is 48.9 Å². The molecular weight excluding hydrogens is 501 g/mol. The van der Waals surface area contributed by atoms with Gasteiger partial charge >= 0.3 is 0 Å². The van der Waals surface area contributed by atoms with Gasteiger partial charge in [0.15, 0.2) is 0 Å². The predicted molar refractivity (Wildman–Crippen MR) is 140 cm³/mol. The van der Waals surface area contributed by atoms with Crippen LogP contribution in [0.5, 0.6) is 0 Å². The van der Waals surface area contributed by atoms with Gasteiger partial charge in [-0.15, -0.1) is 11.3 Å². The van der Waals surface area contributed by atoms with Crippen LogP contribution >= 0.6 is 22.9 Å². The van der Waals surface area contributed by atoms with Crippen molar-refractivity contribution in [2.24, 2.45) is 7.05 Å². The van der Waals surface area contributed by atoms with Crippen molar-refractivity contribution in [1.29, 1.82) is 0 Å². The summed E-state index contributed by atoms with van der Waals surface area (Å²) in [6, 6.07) is 6.46. The molecule has 4 aromatic rings. The number of fused-ring (bicyclic) bond motifs is 3. The third-order valence-electron chi connectivity index (χ3n) is 6.01. The van der Waals surface area contributed by atoms with E-state index in [0.717, 1.165) is 32.9 Å². The lowest BCUT2D eigenvalue weighted by Crippen LogP contribution is -2.34. The molecule has 0 bridgehead atoms. The number of benzene rings is 1. The summed E-state index contributed by atoms with van der Waals surface area (Å²) in [6.45, 7) is 2.52. The zero-order chi connectivity index (χ0) is 25.2. The molecule has 3 aromatic heterocycles. The minimum Gasteiger partial charge on any atom is -0.340 e. The number of thiophene rings is 1. The van der Waals surface area contributed by atoms with E-state index in [2.05, 4.69) is 25.3 Å². The number of carbonyl (C=O) groups is 1. The molecule has 1 aromatic carbocycles. The van der Waals surface area contributed by atoms with Crippen LogP contribution < -0.4 is 5.32 Å². The molecule has 0 saturated carbocycles. The van der Waals surface area contributed by atoms with Crippen LogP contribution in [-0.2, 0) is 31.4 Å². The number of nitrogens with one attached hydrogen (secondary N) is 1. The maximum atomic E-state index is 13.5. The third kappa shape index (κ3) is 5.25. The first-order valence-electron chi connectivity index (χ1n) is 11.5. The summed E-state index contributed by atoms with van der Waals surface area (Å²) >= 11 is 7.50. The number of aryl methyl sites for hydroxylation is 1. The summed E-state index contributed by atoms with van der Waals surface area (Å²) in [6.07, 6.45) is 7.68. The molecule has 5 rings (SSSR count). The van der Waals surface area contributed by atoms with Crippen LogP contribution in [0.1, 0.15) is 16.1 Å². The van der Waals surface area contributed by atoms with Crippen molar-refractivity contribution in [3.8, 4) is 0 Å². The smallest absolute Gasteiger partial charge is 0.246 e. The Labute approximate surface area is 217 Å². The average Bonchev–Trinajstić information content (AvgIpc) is 3.44. The lowest BCUT2D eigenvalue weighted by molar-refractivity contribution is -0.126. The lowest BCUT2D eigenvalue weighted by atomic mass is 10.0. The quantitative estimate of drug-likeness (QED) is 0.357. The summed E-state index contributed by atoms with van der Waals surface area (Å²) in [5.74, 6) is 0.173. The summed E-state index contributed by atoms with van der Waals surface area (Å²) < 4.78 is 15.3. The molecule has 0 unspecified atom stereocenters. The van der Waals surface area contributed by atoms with Gasteiger partial charge < -0.3 is 10.2 Å². The Morgan fingerprint density at radius 2 is 2.19 bits per heavy atom. The van der Waals surface area contributed by atoms with Crippen LogP contribution in [-0.4, -0.2) is 55.6 Å². The van der Waals surface area contributed by atoms with E-state index >= 15 is 0 Å². The van der Waals surface area contributed by atoms with E-state index in [-0.39, 0.29) is 10.9 Å². The Morgan fingerprint density at radius 1 is 1.33 bits per heavy atom. The van der Waals surface area contributed by atoms with E-state index < -0.39 is 5.82 Å². The van der Waals surface area contributed by atoms with E-state index in [4.69, 9.17) is 11.6 Å². The monoisotopic (exact) mass is 525 g/mol. The van der Waals surface area contributed by atoms with E-state index in [1.54, 1.807) is 28.2 Å². The fraction of sp³-hybridized carbons (Fsp3) is 0.280. The van der Waals surface area contributed by atoms with Crippen LogP contribution in [0.2, 0.25) is 5.02 Å². The van der Waals surface area contributed by atoms with Gasteiger partial charge in [-0.05, 0) is 43.3 Å². The molecule has 1 aliphatic heterocycles. The summed E-state index contributed by atoms with van der Waals surface area (Å²) in [5, 5.41) is 8.62. The van der Waals surface area contributed by atoms with Crippen LogP contribution in [0.4, 0.5) is 15.9 Å². The summed E-state index contributed by atoms with van der Waals surface area (Å²) in [7, 11) is 3.90. The number of nitrogens with zero attached hydrogens (tertiary/aromatic N) is 6. The lowest BCUT2D eigenvalue weighted by Gasteiger charge is -2.26. The van der Waals surface area contributed by atoms with Gasteiger partial charge in [0.25, 0.3) is 0 Å². The van der Waals surface area contributed by atoms with Gasteiger partial charge in [-0.25, -0.2) is 14.4 Å². The van der Waals surface area contributed by atoms with Gasteiger partial charge in [-0.3, -0.25) is 14.4 Å². The maximum absolute atomic E-state index is 13.5. The molecule has 1 amide bonds. The molecule has 1 N–H and O–H groups in total. The molecule has 11 heteroatoms. The van der Waals surface area contributed by atoms with Gasteiger partial charge in [-0.2, -0.15) is 5.10 Å². The highest BCUT2D eigenvalue weighted by Crippen LogP contribution is 2.38. The number of hydrogen-bond acceptors (Lipinski definition) is 7. The molecule has 36 heavy (non-hydrogen) atoms. The largest absolute Gasteiger partial charge is 0.340 e. The number of likely N-dealkylation sites (N-methyl/N-ethyl adjacent to an activating group) is 1. The number of carbonyl (C=O) groups excluding carboxylic acids is 1. The predicted octanol–water partition coefficient (Wildman–Crippen LogP) is 4.53. The molecule has 4 heterocycles. The molecule has 186 valence electrons. The normalized spacial score (nSPS) is 13.6. The van der Waals surface area contributed by atoms with Gasteiger partial charge in [0.1, 0.15) is 22.8 Å². The highest BCUT2D eigenvalue weighted by molar-refractivity contribution is 7.19. The summed E-state index contributed by atoms with van der Waals surface area (Å²) in [4.78, 5) is 27.6. The minimum atomic E-state index is -0.471. The maximum Gasteiger partial charge on any atom is 0.246 e. The Kier molecular flexibility index (Phi) is 6.99.